The number of nitrogens with zero attached hydrogens (tertiary/aromatic N) is 3. The third-order valence-electron chi connectivity index (χ3n) is 3.04. The number of rotatable bonds is 2. The number of aromatic nitrogens is 4. The van der Waals surface area contributed by atoms with Gasteiger partial charge in [0.25, 0.3) is 5.56 Å². The maximum absolute atomic E-state index is 11.0. The van der Waals surface area contributed by atoms with Gasteiger partial charge in [-0.25, -0.2) is 14.9 Å². The van der Waals surface area contributed by atoms with E-state index in [1.807, 2.05) is 0 Å². The highest BCUT2D eigenvalue weighted by Gasteiger charge is 2.13. The lowest BCUT2D eigenvalue weighted by Gasteiger charge is -2.00. The first-order valence-corrected chi connectivity index (χ1v) is 5.82. The summed E-state index contributed by atoms with van der Waals surface area (Å²) in [5, 5.41) is 15.3. The smallest absolute Gasteiger partial charge is 0.335 e. The summed E-state index contributed by atoms with van der Waals surface area (Å²) in [6, 6.07) is 7.66. The number of H-pyrrole nitrogens is 1. The molecule has 0 atom stereocenters. The maximum Gasteiger partial charge on any atom is 0.335 e. The molecular formula is C13H10N4O3. The lowest BCUT2D eigenvalue weighted by Crippen LogP contribution is -2.07. The lowest BCUT2D eigenvalue weighted by atomic mass is 10.2. The fraction of sp³-hybridized carbons (Fsp3) is 0.0769. The van der Waals surface area contributed by atoms with Crippen LogP contribution in [-0.2, 0) is 7.05 Å². The van der Waals surface area contributed by atoms with E-state index in [-0.39, 0.29) is 11.1 Å². The van der Waals surface area contributed by atoms with Gasteiger partial charge in [-0.2, -0.15) is 5.10 Å². The van der Waals surface area contributed by atoms with Crippen LogP contribution in [0.3, 0.4) is 0 Å². The van der Waals surface area contributed by atoms with E-state index in [4.69, 9.17) is 5.11 Å². The Balaban J connectivity index is 2.22. The second-order valence-corrected chi connectivity index (χ2v) is 4.31. The summed E-state index contributed by atoms with van der Waals surface area (Å²) < 4.78 is 1.79. The Labute approximate surface area is 112 Å². The van der Waals surface area contributed by atoms with E-state index in [1.54, 1.807) is 23.7 Å². The van der Waals surface area contributed by atoms with Gasteiger partial charge in [0.2, 0.25) is 0 Å². The van der Waals surface area contributed by atoms with E-state index in [0.717, 1.165) is 5.52 Å². The molecule has 0 aliphatic rings. The van der Waals surface area contributed by atoms with E-state index in [2.05, 4.69) is 15.2 Å². The lowest BCUT2D eigenvalue weighted by molar-refractivity contribution is 0.0697. The number of nitrogens with one attached hydrogen (secondary N) is 1. The highest BCUT2D eigenvalue weighted by molar-refractivity contribution is 5.93. The standard InChI is InChI=1S/C13H10N4O3/c1-17-10-4-2-7(13(19)20)6-9(10)14-12(17)8-3-5-11(18)16-15-8/h2-6H,1H3,(H,16,18)(H,19,20). The summed E-state index contributed by atoms with van der Waals surface area (Å²) in [7, 11) is 1.80. The van der Waals surface area contributed by atoms with Gasteiger partial charge >= 0.3 is 5.97 Å². The van der Waals surface area contributed by atoms with Crippen LogP contribution in [0.4, 0.5) is 0 Å². The molecule has 2 N–H and O–H groups in total. The van der Waals surface area contributed by atoms with Gasteiger partial charge in [0.05, 0.1) is 16.6 Å². The summed E-state index contributed by atoms with van der Waals surface area (Å²) in [6.45, 7) is 0. The molecule has 0 saturated carbocycles. The Kier molecular flexibility index (Phi) is 2.60. The van der Waals surface area contributed by atoms with Crippen LogP contribution in [0.1, 0.15) is 10.4 Å². The molecule has 1 aromatic carbocycles. The van der Waals surface area contributed by atoms with Gasteiger partial charge in [0.1, 0.15) is 5.69 Å². The highest BCUT2D eigenvalue weighted by Crippen LogP contribution is 2.22. The normalized spacial score (nSPS) is 10.8. The van der Waals surface area contributed by atoms with E-state index in [1.165, 1.54) is 18.2 Å². The van der Waals surface area contributed by atoms with E-state index < -0.39 is 5.97 Å². The molecule has 2 aromatic heterocycles. The highest BCUT2D eigenvalue weighted by atomic mass is 16.4. The van der Waals surface area contributed by atoms with Crippen molar-refractivity contribution in [2.75, 3.05) is 0 Å². The van der Waals surface area contributed by atoms with Crippen molar-refractivity contribution >= 4 is 17.0 Å². The molecule has 0 fully saturated rings. The zero-order valence-corrected chi connectivity index (χ0v) is 10.5. The number of imidazole rings is 1. The Morgan fingerprint density at radius 2 is 2.10 bits per heavy atom. The molecular weight excluding hydrogens is 260 g/mol. The van der Waals surface area contributed by atoms with E-state index >= 15 is 0 Å². The van der Waals surface area contributed by atoms with Gasteiger partial charge in [-0.3, -0.25) is 4.79 Å². The predicted molar refractivity (Wildman–Crippen MR) is 71.5 cm³/mol. The number of fused-ring (bicyclic) bond motifs is 1. The first-order chi connectivity index (χ1) is 9.56. The minimum Gasteiger partial charge on any atom is -0.478 e. The van der Waals surface area contributed by atoms with Crippen molar-refractivity contribution in [1.29, 1.82) is 0 Å². The molecule has 0 aliphatic heterocycles. The van der Waals surface area contributed by atoms with Gasteiger partial charge < -0.3 is 9.67 Å². The fourth-order valence-electron chi connectivity index (χ4n) is 2.03. The first-order valence-electron chi connectivity index (χ1n) is 5.82. The third kappa shape index (κ3) is 1.85. The minimum atomic E-state index is -0.999. The molecule has 0 saturated heterocycles. The van der Waals surface area contributed by atoms with Crippen molar-refractivity contribution in [2.24, 2.45) is 7.05 Å². The van der Waals surface area contributed by atoms with Gasteiger partial charge in [-0.15, -0.1) is 0 Å². The zero-order valence-electron chi connectivity index (χ0n) is 10.5. The predicted octanol–water partition coefficient (Wildman–Crippen LogP) is 1.02. The molecule has 20 heavy (non-hydrogen) atoms. The zero-order chi connectivity index (χ0) is 14.3. The minimum absolute atomic E-state index is 0.177. The van der Waals surface area contributed by atoms with Crippen LogP contribution in [0.2, 0.25) is 0 Å². The van der Waals surface area contributed by atoms with Crippen molar-refractivity contribution in [1.82, 2.24) is 19.7 Å². The van der Waals surface area contributed by atoms with Crippen LogP contribution in [0.25, 0.3) is 22.6 Å². The van der Waals surface area contributed by atoms with Gasteiger partial charge in [-0.05, 0) is 24.3 Å². The van der Waals surface area contributed by atoms with Crippen LogP contribution in [0, 0.1) is 0 Å². The summed E-state index contributed by atoms with van der Waals surface area (Å²) >= 11 is 0. The van der Waals surface area contributed by atoms with Crippen molar-refractivity contribution < 1.29 is 9.90 Å². The van der Waals surface area contributed by atoms with Crippen LogP contribution in [0.15, 0.2) is 35.1 Å². The first kappa shape index (κ1) is 12.1. The second-order valence-electron chi connectivity index (χ2n) is 4.31. The number of benzene rings is 1. The Bertz CT molecular complexity index is 858. The molecule has 7 nitrogen and oxygen atoms in total. The van der Waals surface area contributed by atoms with Gasteiger partial charge in [-0.1, -0.05) is 0 Å². The number of carboxylic acids is 1. The van der Waals surface area contributed by atoms with Crippen LogP contribution in [0.5, 0.6) is 0 Å². The fourth-order valence-corrected chi connectivity index (χ4v) is 2.03. The third-order valence-corrected chi connectivity index (χ3v) is 3.04. The monoisotopic (exact) mass is 270 g/mol. The van der Waals surface area contributed by atoms with Gasteiger partial charge in [0.15, 0.2) is 5.82 Å². The molecule has 0 unspecified atom stereocenters. The summed E-state index contributed by atoms with van der Waals surface area (Å²) in [5.74, 6) is -0.444. The van der Waals surface area contributed by atoms with Crippen molar-refractivity contribution in [3.05, 3.63) is 46.2 Å². The molecule has 0 spiro atoms. The largest absolute Gasteiger partial charge is 0.478 e. The topological polar surface area (TPSA) is 101 Å². The SMILES string of the molecule is Cn1c(-c2ccc(=O)[nH]n2)nc2cc(C(=O)O)ccc21. The molecule has 7 heteroatoms. The van der Waals surface area contributed by atoms with Crippen LogP contribution < -0.4 is 5.56 Å². The Morgan fingerprint density at radius 3 is 2.75 bits per heavy atom. The van der Waals surface area contributed by atoms with Crippen LogP contribution >= 0.6 is 0 Å². The maximum atomic E-state index is 11.0. The average Bonchev–Trinajstić information content (AvgIpc) is 2.76. The van der Waals surface area contributed by atoms with E-state index in [9.17, 15) is 9.59 Å². The molecule has 0 radical (unpaired) electrons. The van der Waals surface area contributed by atoms with Gasteiger partial charge in [0, 0.05) is 13.1 Å². The summed E-state index contributed by atoms with van der Waals surface area (Å²) in [6.07, 6.45) is 0. The van der Waals surface area contributed by atoms with E-state index in [0.29, 0.717) is 17.0 Å². The number of aromatic amines is 1. The molecule has 100 valence electrons. The summed E-state index contributed by atoms with van der Waals surface area (Å²) in [5.41, 5.74) is 1.76. The number of hydrogen-bond donors (Lipinski definition) is 2. The van der Waals surface area contributed by atoms with Crippen molar-refractivity contribution in [3.63, 3.8) is 0 Å². The quantitative estimate of drug-likeness (QED) is 0.724. The Morgan fingerprint density at radius 1 is 1.30 bits per heavy atom. The average molecular weight is 270 g/mol. The summed E-state index contributed by atoms with van der Waals surface area (Å²) in [4.78, 5) is 26.3. The Hall–Kier alpha value is -2.96. The number of carbonyl (C=O) groups is 1. The molecule has 3 rings (SSSR count). The molecule has 0 bridgehead atoms. The molecule has 0 aliphatic carbocycles. The van der Waals surface area contributed by atoms with Crippen molar-refractivity contribution in [3.8, 4) is 11.5 Å². The molecule has 2 heterocycles. The number of carboxylic acid groups (broad SMARTS) is 1. The second kappa shape index (κ2) is 4.30. The number of aryl methyl sites for hydroxylation is 1. The van der Waals surface area contributed by atoms with Crippen molar-refractivity contribution in [2.45, 2.75) is 0 Å². The molecule has 3 aromatic rings. The van der Waals surface area contributed by atoms with Crippen LogP contribution in [-0.4, -0.2) is 30.8 Å². The number of hydrogen-bond acceptors (Lipinski definition) is 4. The number of aromatic carboxylic acids is 1. The molecule has 0 amide bonds.